The number of sulfone groups is 1. The van der Waals surface area contributed by atoms with Gasteiger partial charge < -0.3 is 15.8 Å². The maximum Gasteiger partial charge on any atom is 0.340 e. The number of carbonyl (C=O) groups excluding carboxylic acids is 1. The number of hydrogen-bond donors (Lipinski definition) is 2. The van der Waals surface area contributed by atoms with Gasteiger partial charge in [-0.1, -0.05) is 0 Å². The van der Waals surface area contributed by atoms with Gasteiger partial charge in [0.25, 0.3) is 0 Å². The first-order valence-electron chi connectivity index (χ1n) is 6.00. The molecule has 0 aliphatic rings. The van der Waals surface area contributed by atoms with Crippen molar-refractivity contribution in [3.63, 3.8) is 0 Å². The van der Waals surface area contributed by atoms with E-state index in [1.54, 1.807) is 32.0 Å². The Morgan fingerprint density at radius 1 is 1.40 bits per heavy atom. The van der Waals surface area contributed by atoms with E-state index in [0.29, 0.717) is 11.4 Å². The van der Waals surface area contributed by atoms with Gasteiger partial charge in [-0.25, -0.2) is 13.2 Å². The van der Waals surface area contributed by atoms with E-state index in [0.717, 1.165) is 0 Å². The summed E-state index contributed by atoms with van der Waals surface area (Å²) >= 11 is 0. The van der Waals surface area contributed by atoms with Crippen LogP contribution >= 0.6 is 0 Å². The molecule has 1 aromatic rings. The molecule has 112 valence electrons. The molecule has 1 rings (SSSR count). The van der Waals surface area contributed by atoms with E-state index in [-0.39, 0.29) is 12.1 Å². The molecule has 0 bridgehead atoms. The molecule has 0 fully saturated rings. The summed E-state index contributed by atoms with van der Waals surface area (Å²) in [5, 5.41) is 3.00. The molecule has 20 heavy (non-hydrogen) atoms. The summed E-state index contributed by atoms with van der Waals surface area (Å²) in [6, 6.07) is 4.79. The van der Waals surface area contributed by atoms with Gasteiger partial charge in [0.05, 0.1) is 17.4 Å². The average molecular weight is 300 g/mol. The minimum Gasteiger partial charge on any atom is -0.465 e. The summed E-state index contributed by atoms with van der Waals surface area (Å²) in [4.78, 5) is 11.5. The highest BCUT2D eigenvalue weighted by molar-refractivity contribution is 7.92. The highest BCUT2D eigenvalue weighted by Gasteiger charge is 2.29. The Bertz CT molecular complexity index is 609. The van der Waals surface area contributed by atoms with Gasteiger partial charge in [-0.3, -0.25) is 0 Å². The molecule has 0 saturated heterocycles. The zero-order valence-electron chi connectivity index (χ0n) is 12.1. The first-order chi connectivity index (χ1) is 9.08. The Morgan fingerprint density at radius 3 is 2.50 bits per heavy atom. The number of anilines is 2. The van der Waals surface area contributed by atoms with E-state index >= 15 is 0 Å². The molecule has 0 radical (unpaired) electrons. The number of nitrogens with one attached hydrogen (secondary N) is 1. The molecule has 0 spiro atoms. The lowest BCUT2D eigenvalue weighted by Crippen LogP contribution is -2.38. The second-order valence-electron chi connectivity index (χ2n) is 5.18. The van der Waals surface area contributed by atoms with E-state index in [4.69, 9.17) is 5.73 Å². The molecule has 0 aliphatic heterocycles. The molecule has 6 nitrogen and oxygen atoms in total. The van der Waals surface area contributed by atoms with Crippen molar-refractivity contribution in [2.45, 2.75) is 18.6 Å². The van der Waals surface area contributed by atoms with Crippen LogP contribution in [0.5, 0.6) is 0 Å². The molecule has 0 unspecified atom stereocenters. The quantitative estimate of drug-likeness (QED) is 0.628. The van der Waals surface area contributed by atoms with Gasteiger partial charge in [0.15, 0.2) is 9.84 Å². The zero-order chi connectivity index (χ0) is 15.6. The summed E-state index contributed by atoms with van der Waals surface area (Å²) in [6.45, 7) is 3.48. The number of methoxy groups -OCH3 is 1. The summed E-state index contributed by atoms with van der Waals surface area (Å²) in [5.41, 5.74) is 6.86. The van der Waals surface area contributed by atoms with Gasteiger partial charge in [-0.15, -0.1) is 0 Å². The summed E-state index contributed by atoms with van der Waals surface area (Å²) in [5.74, 6) is -0.534. The molecular weight excluding hydrogens is 280 g/mol. The van der Waals surface area contributed by atoms with Crippen LogP contribution in [-0.4, -0.2) is 39.0 Å². The van der Waals surface area contributed by atoms with Crippen LogP contribution in [0.3, 0.4) is 0 Å². The van der Waals surface area contributed by atoms with E-state index in [9.17, 15) is 13.2 Å². The molecule has 0 saturated carbocycles. The fraction of sp³-hybridized carbons (Fsp3) is 0.462. The van der Waals surface area contributed by atoms with Gasteiger partial charge in [-0.2, -0.15) is 0 Å². The van der Waals surface area contributed by atoms with Crippen molar-refractivity contribution >= 4 is 27.2 Å². The van der Waals surface area contributed by atoms with Crippen LogP contribution in [0, 0.1) is 0 Å². The van der Waals surface area contributed by atoms with Crippen LogP contribution in [0.4, 0.5) is 11.4 Å². The summed E-state index contributed by atoms with van der Waals surface area (Å²) in [6.07, 6.45) is 1.19. The molecule has 0 amide bonds. The van der Waals surface area contributed by atoms with E-state index in [1.165, 1.54) is 13.4 Å². The number of esters is 1. The molecule has 7 heteroatoms. The third-order valence-corrected chi connectivity index (χ3v) is 5.33. The van der Waals surface area contributed by atoms with Crippen molar-refractivity contribution in [3.8, 4) is 0 Å². The van der Waals surface area contributed by atoms with Gasteiger partial charge in [0, 0.05) is 24.2 Å². The van der Waals surface area contributed by atoms with Crippen LogP contribution in [0.25, 0.3) is 0 Å². The van der Waals surface area contributed by atoms with Gasteiger partial charge in [0.1, 0.15) is 0 Å². The Labute approximate surface area is 119 Å². The SMILES string of the molecule is COC(=O)c1cc(NCC(C)(C)S(C)(=O)=O)ccc1N. The first kappa shape index (κ1) is 16.3. The van der Waals surface area contributed by atoms with Crippen molar-refractivity contribution < 1.29 is 17.9 Å². The Hall–Kier alpha value is -1.76. The minimum atomic E-state index is -3.19. The predicted octanol–water partition coefficient (Wildman–Crippen LogP) is 1.29. The normalized spacial score (nSPS) is 12.0. The van der Waals surface area contributed by atoms with Crippen molar-refractivity contribution in [2.75, 3.05) is 31.0 Å². The molecule has 0 aromatic heterocycles. The number of hydrogen-bond acceptors (Lipinski definition) is 6. The maximum atomic E-state index is 11.6. The third kappa shape index (κ3) is 3.63. The predicted molar refractivity (Wildman–Crippen MR) is 79.6 cm³/mol. The fourth-order valence-corrected chi connectivity index (χ4v) is 1.73. The Kier molecular flexibility index (Phi) is 4.65. The fourth-order valence-electron chi connectivity index (χ4n) is 1.40. The highest BCUT2D eigenvalue weighted by Crippen LogP contribution is 2.21. The number of nitrogens with two attached hydrogens (primary N) is 1. The number of carbonyl (C=O) groups is 1. The lowest BCUT2D eigenvalue weighted by Gasteiger charge is -2.23. The van der Waals surface area contributed by atoms with Crippen LogP contribution in [-0.2, 0) is 14.6 Å². The van der Waals surface area contributed by atoms with Crippen molar-refractivity contribution in [1.82, 2.24) is 0 Å². The molecule has 0 heterocycles. The second kappa shape index (κ2) is 5.70. The molecule has 3 N–H and O–H groups in total. The average Bonchev–Trinajstić information content (AvgIpc) is 2.35. The van der Waals surface area contributed by atoms with Crippen LogP contribution in [0.2, 0.25) is 0 Å². The minimum absolute atomic E-state index is 0.219. The number of rotatable bonds is 5. The van der Waals surface area contributed by atoms with E-state index in [2.05, 4.69) is 10.1 Å². The maximum absolute atomic E-state index is 11.6. The lowest BCUT2D eigenvalue weighted by molar-refractivity contribution is 0.0602. The van der Waals surface area contributed by atoms with Crippen molar-refractivity contribution in [3.05, 3.63) is 23.8 Å². The molecule has 1 aromatic carbocycles. The molecular formula is C13H20N2O4S. The topological polar surface area (TPSA) is 98.5 Å². The largest absolute Gasteiger partial charge is 0.465 e. The number of ether oxygens (including phenoxy) is 1. The van der Waals surface area contributed by atoms with E-state index in [1.807, 2.05) is 0 Å². The summed E-state index contributed by atoms with van der Waals surface area (Å²) < 4.78 is 26.9. The monoisotopic (exact) mass is 300 g/mol. The standard InChI is InChI=1S/C13H20N2O4S/c1-13(2,20(4,17)18)8-15-9-5-6-11(14)10(7-9)12(16)19-3/h5-7,15H,8,14H2,1-4H3. The number of nitrogen functional groups attached to an aromatic ring is 1. The van der Waals surface area contributed by atoms with Crippen LogP contribution in [0.1, 0.15) is 24.2 Å². The smallest absolute Gasteiger partial charge is 0.340 e. The zero-order valence-corrected chi connectivity index (χ0v) is 12.9. The Morgan fingerprint density at radius 2 is 2.00 bits per heavy atom. The second-order valence-corrected chi connectivity index (χ2v) is 7.83. The van der Waals surface area contributed by atoms with Crippen LogP contribution in [0.15, 0.2) is 18.2 Å². The van der Waals surface area contributed by atoms with Crippen LogP contribution < -0.4 is 11.1 Å². The van der Waals surface area contributed by atoms with Gasteiger partial charge in [-0.05, 0) is 32.0 Å². The van der Waals surface area contributed by atoms with Gasteiger partial charge >= 0.3 is 5.97 Å². The molecule has 0 aliphatic carbocycles. The van der Waals surface area contributed by atoms with Crippen molar-refractivity contribution in [2.24, 2.45) is 0 Å². The number of benzene rings is 1. The first-order valence-corrected chi connectivity index (χ1v) is 7.89. The molecule has 0 atom stereocenters. The summed E-state index contributed by atoms with van der Waals surface area (Å²) in [7, 11) is -1.92. The third-order valence-electron chi connectivity index (χ3n) is 3.18. The highest BCUT2D eigenvalue weighted by atomic mass is 32.2. The van der Waals surface area contributed by atoms with Crippen molar-refractivity contribution in [1.29, 1.82) is 0 Å². The lowest BCUT2D eigenvalue weighted by atomic mass is 10.1. The van der Waals surface area contributed by atoms with Gasteiger partial charge in [0.2, 0.25) is 0 Å². The Balaban J connectivity index is 2.93. The van der Waals surface area contributed by atoms with E-state index < -0.39 is 20.6 Å².